The molecular formula is C18H28N4O. The number of anilines is 1. The van der Waals surface area contributed by atoms with Crippen LogP contribution in [0.4, 0.5) is 5.95 Å². The number of aromatic nitrogens is 3. The maximum Gasteiger partial charge on any atom is 0.222 e. The zero-order chi connectivity index (χ0) is 16.8. The van der Waals surface area contributed by atoms with Crippen LogP contribution in [-0.4, -0.2) is 25.7 Å². The molecule has 0 aliphatic carbocycles. The maximum atomic E-state index is 9.44. The molecule has 23 heavy (non-hydrogen) atoms. The molecule has 0 radical (unpaired) electrons. The summed E-state index contributed by atoms with van der Waals surface area (Å²) in [4.78, 5) is 8.85. The van der Waals surface area contributed by atoms with E-state index in [1.807, 2.05) is 26.1 Å². The van der Waals surface area contributed by atoms with Gasteiger partial charge in [0.25, 0.3) is 0 Å². The molecule has 0 fully saturated rings. The van der Waals surface area contributed by atoms with Crippen LogP contribution in [0.3, 0.4) is 0 Å². The zero-order valence-electron chi connectivity index (χ0n) is 14.4. The fourth-order valence-electron chi connectivity index (χ4n) is 2.85. The third kappa shape index (κ3) is 4.55. The zero-order valence-corrected chi connectivity index (χ0v) is 14.4. The first kappa shape index (κ1) is 17.5. The molecule has 0 bridgehead atoms. The van der Waals surface area contributed by atoms with Crippen molar-refractivity contribution < 1.29 is 5.11 Å². The lowest BCUT2D eigenvalue weighted by Gasteiger charge is -2.15. The van der Waals surface area contributed by atoms with Gasteiger partial charge in [0.1, 0.15) is 5.82 Å². The minimum Gasteiger partial charge on any atom is -0.393 e. The molecule has 5 nitrogen and oxygen atoms in total. The van der Waals surface area contributed by atoms with E-state index in [4.69, 9.17) is 5.73 Å². The average molecular weight is 316 g/mol. The molecule has 0 saturated carbocycles. The minimum atomic E-state index is -0.254. The Morgan fingerprint density at radius 3 is 2.74 bits per heavy atom. The number of aliphatic hydroxyl groups excluding tert-OH is 1. The Bertz CT molecular complexity index is 634. The number of unbranched alkanes of at least 4 members (excludes halogenated alkanes) is 1. The summed E-state index contributed by atoms with van der Waals surface area (Å²) in [6.07, 6.45) is 7.65. The van der Waals surface area contributed by atoms with Crippen LogP contribution in [-0.2, 0) is 12.8 Å². The van der Waals surface area contributed by atoms with E-state index < -0.39 is 0 Å². The second-order valence-electron chi connectivity index (χ2n) is 6.18. The quantitative estimate of drug-likeness (QED) is 0.784. The van der Waals surface area contributed by atoms with Gasteiger partial charge in [0.15, 0.2) is 0 Å². The molecule has 0 saturated heterocycles. The van der Waals surface area contributed by atoms with Gasteiger partial charge in [0, 0.05) is 23.1 Å². The van der Waals surface area contributed by atoms with Crippen LogP contribution in [0.15, 0.2) is 18.3 Å². The fraction of sp³-hybridized carbons (Fsp3) is 0.556. The van der Waals surface area contributed by atoms with Gasteiger partial charge in [-0.25, -0.2) is 4.98 Å². The summed E-state index contributed by atoms with van der Waals surface area (Å²) in [5, 5.41) is 9.44. The highest BCUT2D eigenvalue weighted by Crippen LogP contribution is 2.22. The van der Waals surface area contributed by atoms with Crippen molar-refractivity contribution in [1.29, 1.82) is 0 Å². The molecule has 2 heterocycles. The van der Waals surface area contributed by atoms with E-state index in [0.29, 0.717) is 5.95 Å². The van der Waals surface area contributed by atoms with Gasteiger partial charge in [-0.2, -0.15) is 4.98 Å². The van der Waals surface area contributed by atoms with E-state index >= 15 is 0 Å². The van der Waals surface area contributed by atoms with Gasteiger partial charge < -0.3 is 15.4 Å². The van der Waals surface area contributed by atoms with Gasteiger partial charge >= 0.3 is 0 Å². The van der Waals surface area contributed by atoms with Crippen molar-refractivity contribution in [2.45, 2.75) is 65.4 Å². The van der Waals surface area contributed by atoms with Crippen LogP contribution in [0.5, 0.6) is 0 Å². The van der Waals surface area contributed by atoms with Gasteiger partial charge in [-0.3, -0.25) is 0 Å². The van der Waals surface area contributed by atoms with E-state index in [0.717, 1.165) is 50.0 Å². The highest BCUT2D eigenvalue weighted by atomic mass is 16.3. The molecule has 0 amide bonds. The van der Waals surface area contributed by atoms with Crippen LogP contribution in [0, 0.1) is 6.92 Å². The van der Waals surface area contributed by atoms with Crippen molar-refractivity contribution in [3.8, 4) is 5.82 Å². The van der Waals surface area contributed by atoms with E-state index in [1.165, 1.54) is 11.3 Å². The molecular weight excluding hydrogens is 288 g/mol. The summed E-state index contributed by atoms with van der Waals surface area (Å²) in [5.41, 5.74) is 9.22. The summed E-state index contributed by atoms with van der Waals surface area (Å²) >= 11 is 0. The number of aliphatic hydroxyl groups is 1. The Kier molecular flexibility index (Phi) is 6.16. The number of nitrogens with two attached hydrogens (primary N) is 1. The van der Waals surface area contributed by atoms with E-state index in [9.17, 15) is 5.11 Å². The number of hydrogen-bond acceptors (Lipinski definition) is 4. The number of hydrogen-bond donors (Lipinski definition) is 2. The number of rotatable bonds is 8. The third-order valence-electron chi connectivity index (χ3n) is 4.11. The van der Waals surface area contributed by atoms with Crippen LogP contribution in [0.2, 0.25) is 0 Å². The van der Waals surface area contributed by atoms with E-state index in [-0.39, 0.29) is 6.10 Å². The van der Waals surface area contributed by atoms with Crippen molar-refractivity contribution in [2.24, 2.45) is 0 Å². The Morgan fingerprint density at radius 1 is 1.26 bits per heavy atom. The SMILES string of the molecule is CCCCc1c(C)nc(N)nc1-n1cccc1CCCC(C)O. The Hall–Kier alpha value is -1.88. The standard InChI is InChI=1S/C18H28N4O/c1-4-5-11-16-14(3)20-18(19)21-17(16)22-12-7-10-15(22)9-6-8-13(2)23/h7,10,12-13,23H,4-6,8-9,11H2,1-3H3,(H2,19,20,21). The largest absolute Gasteiger partial charge is 0.393 e. The Morgan fingerprint density at radius 2 is 2.04 bits per heavy atom. The van der Waals surface area contributed by atoms with Gasteiger partial charge in [-0.05, 0) is 58.1 Å². The molecule has 126 valence electrons. The van der Waals surface area contributed by atoms with Crippen molar-refractivity contribution in [3.05, 3.63) is 35.3 Å². The summed E-state index contributed by atoms with van der Waals surface area (Å²) in [5.74, 6) is 1.22. The average Bonchev–Trinajstić information content (AvgIpc) is 2.93. The molecule has 2 aromatic heterocycles. The van der Waals surface area contributed by atoms with Crippen molar-refractivity contribution in [2.75, 3.05) is 5.73 Å². The van der Waals surface area contributed by atoms with Crippen LogP contribution in [0.1, 0.15) is 56.5 Å². The van der Waals surface area contributed by atoms with Gasteiger partial charge in [0.05, 0.1) is 6.10 Å². The number of nitrogens with zero attached hydrogens (tertiary/aromatic N) is 3. The lowest BCUT2D eigenvalue weighted by Crippen LogP contribution is -2.11. The highest BCUT2D eigenvalue weighted by Gasteiger charge is 2.14. The molecule has 1 unspecified atom stereocenters. The predicted molar refractivity (Wildman–Crippen MR) is 93.7 cm³/mol. The van der Waals surface area contributed by atoms with Crippen molar-refractivity contribution >= 4 is 5.95 Å². The van der Waals surface area contributed by atoms with Crippen molar-refractivity contribution in [3.63, 3.8) is 0 Å². The third-order valence-corrected chi connectivity index (χ3v) is 4.11. The first-order valence-corrected chi connectivity index (χ1v) is 8.50. The fourth-order valence-corrected chi connectivity index (χ4v) is 2.85. The smallest absolute Gasteiger partial charge is 0.222 e. The normalized spacial score (nSPS) is 12.5. The molecule has 2 rings (SSSR count). The van der Waals surface area contributed by atoms with Gasteiger partial charge in [0.2, 0.25) is 5.95 Å². The van der Waals surface area contributed by atoms with Gasteiger partial charge in [-0.1, -0.05) is 13.3 Å². The first-order chi connectivity index (χ1) is 11.0. The molecule has 2 aromatic rings. The summed E-state index contributed by atoms with van der Waals surface area (Å²) in [6, 6.07) is 4.15. The lowest BCUT2D eigenvalue weighted by atomic mass is 10.1. The monoisotopic (exact) mass is 316 g/mol. The number of aryl methyl sites for hydroxylation is 2. The summed E-state index contributed by atoms with van der Waals surface area (Å²) < 4.78 is 2.12. The first-order valence-electron chi connectivity index (χ1n) is 8.50. The maximum absolute atomic E-state index is 9.44. The summed E-state index contributed by atoms with van der Waals surface area (Å²) in [6.45, 7) is 6.02. The minimum absolute atomic E-state index is 0.254. The second-order valence-corrected chi connectivity index (χ2v) is 6.18. The second kappa shape index (κ2) is 8.11. The molecule has 0 aliphatic rings. The lowest BCUT2D eigenvalue weighted by molar-refractivity contribution is 0.181. The van der Waals surface area contributed by atoms with Crippen LogP contribution < -0.4 is 5.73 Å². The molecule has 0 aromatic carbocycles. The van der Waals surface area contributed by atoms with E-state index in [2.05, 4.69) is 27.5 Å². The molecule has 5 heteroatoms. The Balaban J connectivity index is 2.32. The van der Waals surface area contributed by atoms with Gasteiger partial charge in [-0.15, -0.1) is 0 Å². The topological polar surface area (TPSA) is 77.0 Å². The Labute approximate surface area is 138 Å². The highest BCUT2D eigenvalue weighted by molar-refractivity contribution is 5.43. The molecule has 1 atom stereocenters. The summed E-state index contributed by atoms with van der Waals surface area (Å²) in [7, 11) is 0. The van der Waals surface area contributed by atoms with Crippen LogP contribution in [0.25, 0.3) is 5.82 Å². The van der Waals surface area contributed by atoms with Crippen LogP contribution >= 0.6 is 0 Å². The predicted octanol–water partition coefficient (Wildman–Crippen LogP) is 3.20. The van der Waals surface area contributed by atoms with E-state index in [1.54, 1.807) is 0 Å². The molecule has 0 spiro atoms. The van der Waals surface area contributed by atoms with Crippen molar-refractivity contribution in [1.82, 2.24) is 14.5 Å². The molecule has 3 N–H and O–H groups in total. The number of nitrogen functional groups attached to an aromatic ring is 1. The molecule has 0 aliphatic heterocycles.